The summed E-state index contributed by atoms with van der Waals surface area (Å²) in [5.41, 5.74) is 0. The van der Waals surface area contributed by atoms with Gasteiger partial charge in [0.15, 0.2) is 0 Å². The van der Waals surface area contributed by atoms with Crippen LogP contribution in [0.25, 0.3) is 0 Å². The Morgan fingerprint density at radius 2 is 1.64 bits per heavy atom. The minimum Gasteiger partial charge on any atom is -0.309 e. The molecular formula is C11H25N3. The largest absolute Gasteiger partial charge is 0.309 e. The third-order valence-electron chi connectivity index (χ3n) is 3.14. The van der Waals surface area contributed by atoms with E-state index in [4.69, 9.17) is 0 Å². The smallest absolute Gasteiger partial charge is 0.0135 e. The highest BCUT2D eigenvalue weighted by molar-refractivity contribution is 4.70. The first-order valence-electron chi connectivity index (χ1n) is 5.66. The number of hydrogen-bond acceptors (Lipinski definition) is 3. The second-order valence-electron chi connectivity index (χ2n) is 4.84. The van der Waals surface area contributed by atoms with Gasteiger partial charge in [0.1, 0.15) is 0 Å². The van der Waals surface area contributed by atoms with Gasteiger partial charge in [0.2, 0.25) is 0 Å². The summed E-state index contributed by atoms with van der Waals surface area (Å²) < 4.78 is 0. The predicted octanol–water partition coefficient (Wildman–Crippen LogP) is 1.13. The molecule has 0 radical (unpaired) electrons. The molecule has 0 aromatic heterocycles. The molecule has 1 rings (SSSR count). The van der Waals surface area contributed by atoms with Crippen LogP contribution in [0.3, 0.4) is 0 Å². The van der Waals surface area contributed by atoms with Crippen LogP contribution in [-0.4, -0.2) is 62.7 Å². The fourth-order valence-corrected chi connectivity index (χ4v) is 2.05. The van der Waals surface area contributed by atoms with Crippen molar-refractivity contribution in [2.24, 2.45) is 5.92 Å². The maximum absolute atomic E-state index is 2.44. The van der Waals surface area contributed by atoms with Crippen LogP contribution in [0.2, 0.25) is 0 Å². The molecule has 0 atom stereocenters. The number of rotatable bonds is 4. The molecule has 0 aliphatic carbocycles. The summed E-state index contributed by atoms with van der Waals surface area (Å²) in [6.07, 6.45) is 4.10. The van der Waals surface area contributed by atoms with Gasteiger partial charge >= 0.3 is 0 Å². The predicted molar refractivity (Wildman–Crippen MR) is 61.2 cm³/mol. The lowest BCUT2D eigenvalue weighted by molar-refractivity contribution is -0.00804. The summed E-state index contributed by atoms with van der Waals surface area (Å²) >= 11 is 0. The lowest BCUT2D eigenvalue weighted by atomic mass is 9.94. The van der Waals surface area contributed by atoms with E-state index in [9.17, 15) is 0 Å². The van der Waals surface area contributed by atoms with E-state index in [0.29, 0.717) is 0 Å². The van der Waals surface area contributed by atoms with Crippen LogP contribution in [0, 0.1) is 5.92 Å². The van der Waals surface area contributed by atoms with Gasteiger partial charge in [-0.05, 0) is 45.8 Å². The fourth-order valence-electron chi connectivity index (χ4n) is 2.05. The fraction of sp³-hybridized carbons (Fsp3) is 1.00. The Labute approximate surface area is 88.6 Å². The minimum absolute atomic E-state index is 0.952. The van der Waals surface area contributed by atoms with Crippen molar-refractivity contribution in [1.29, 1.82) is 0 Å². The Balaban J connectivity index is 2.16. The zero-order valence-corrected chi connectivity index (χ0v) is 10.2. The maximum Gasteiger partial charge on any atom is 0.0135 e. The maximum atomic E-state index is 2.44. The SMILES string of the molecule is CN(C)CCC1CCN(N(C)C)CC1. The molecule has 0 aromatic carbocycles. The van der Waals surface area contributed by atoms with Gasteiger partial charge in [-0.2, -0.15) is 0 Å². The van der Waals surface area contributed by atoms with Gasteiger partial charge in [-0.15, -0.1) is 0 Å². The summed E-state index contributed by atoms with van der Waals surface area (Å²) in [6, 6.07) is 0. The zero-order valence-electron chi connectivity index (χ0n) is 10.2. The Kier molecular flexibility index (Phi) is 4.85. The third kappa shape index (κ3) is 3.95. The Hall–Kier alpha value is -0.120. The molecule has 0 unspecified atom stereocenters. The molecule has 14 heavy (non-hydrogen) atoms. The van der Waals surface area contributed by atoms with Crippen LogP contribution in [-0.2, 0) is 0 Å². The quantitative estimate of drug-likeness (QED) is 0.672. The van der Waals surface area contributed by atoms with Gasteiger partial charge in [0.25, 0.3) is 0 Å². The molecule has 1 fully saturated rings. The van der Waals surface area contributed by atoms with Gasteiger partial charge < -0.3 is 4.90 Å². The van der Waals surface area contributed by atoms with Crippen molar-refractivity contribution in [3.05, 3.63) is 0 Å². The lowest BCUT2D eigenvalue weighted by Gasteiger charge is -2.36. The normalized spacial score (nSPS) is 21.0. The Bertz CT molecular complexity index is 149. The van der Waals surface area contributed by atoms with Crippen LogP contribution in [0.1, 0.15) is 19.3 Å². The molecule has 84 valence electrons. The second-order valence-corrected chi connectivity index (χ2v) is 4.84. The Morgan fingerprint density at radius 3 is 2.07 bits per heavy atom. The first-order valence-corrected chi connectivity index (χ1v) is 5.66. The molecule has 3 nitrogen and oxygen atoms in total. The summed E-state index contributed by atoms with van der Waals surface area (Å²) in [5.74, 6) is 0.952. The first-order chi connectivity index (χ1) is 6.59. The highest BCUT2D eigenvalue weighted by atomic mass is 15.6. The molecule has 1 heterocycles. The zero-order chi connectivity index (χ0) is 10.6. The number of hydrazine groups is 1. The Morgan fingerprint density at radius 1 is 1.07 bits per heavy atom. The van der Waals surface area contributed by atoms with E-state index in [-0.39, 0.29) is 0 Å². The van der Waals surface area contributed by atoms with Gasteiger partial charge in [0, 0.05) is 27.2 Å². The van der Waals surface area contributed by atoms with E-state index < -0.39 is 0 Å². The van der Waals surface area contributed by atoms with Crippen LogP contribution in [0.4, 0.5) is 0 Å². The van der Waals surface area contributed by atoms with Crippen molar-refractivity contribution in [2.45, 2.75) is 19.3 Å². The molecular weight excluding hydrogens is 174 g/mol. The molecule has 0 bridgehead atoms. The average Bonchev–Trinajstić information content (AvgIpc) is 2.15. The monoisotopic (exact) mass is 199 g/mol. The molecule has 1 aliphatic heterocycles. The van der Waals surface area contributed by atoms with Crippen molar-refractivity contribution in [2.75, 3.05) is 47.8 Å². The highest BCUT2D eigenvalue weighted by Gasteiger charge is 2.19. The van der Waals surface area contributed by atoms with E-state index >= 15 is 0 Å². The minimum atomic E-state index is 0.952. The van der Waals surface area contributed by atoms with E-state index in [1.165, 1.54) is 38.9 Å². The van der Waals surface area contributed by atoms with E-state index in [2.05, 4.69) is 43.1 Å². The van der Waals surface area contributed by atoms with Crippen LogP contribution in [0.15, 0.2) is 0 Å². The van der Waals surface area contributed by atoms with Crippen molar-refractivity contribution >= 4 is 0 Å². The summed E-state index contributed by atoms with van der Waals surface area (Å²) in [7, 11) is 8.60. The molecule has 0 N–H and O–H groups in total. The topological polar surface area (TPSA) is 9.72 Å². The van der Waals surface area contributed by atoms with Crippen LogP contribution < -0.4 is 0 Å². The summed E-state index contributed by atoms with van der Waals surface area (Å²) in [4.78, 5) is 2.29. The van der Waals surface area contributed by atoms with Crippen molar-refractivity contribution in [3.63, 3.8) is 0 Å². The van der Waals surface area contributed by atoms with Gasteiger partial charge in [0.05, 0.1) is 0 Å². The third-order valence-corrected chi connectivity index (χ3v) is 3.14. The first kappa shape index (κ1) is 12.0. The molecule has 0 amide bonds. The standard InChI is InChI=1S/C11H25N3/c1-12(2)8-5-11-6-9-14(10-7-11)13(3)4/h11H,5-10H2,1-4H3. The molecule has 1 saturated heterocycles. The highest BCUT2D eigenvalue weighted by Crippen LogP contribution is 2.20. The van der Waals surface area contributed by atoms with Gasteiger partial charge in [-0.1, -0.05) is 0 Å². The summed E-state index contributed by atoms with van der Waals surface area (Å²) in [5, 5.41) is 4.66. The van der Waals surface area contributed by atoms with Crippen LogP contribution >= 0.6 is 0 Å². The number of nitrogens with zero attached hydrogens (tertiary/aromatic N) is 3. The van der Waals surface area contributed by atoms with Gasteiger partial charge in [-0.25, -0.2) is 10.0 Å². The molecule has 0 spiro atoms. The second kappa shape index (κ2) is 5.69. The van der Waals surface area contributed by atoms with E-state index in [0.717, 1.165) is 5.92 Å². The van der Waals surface area contributed by atoms with Crippen molar-refractivity contribution in [1.82, 2.24) is 14.9 Å². The lowest BCUT2D eigenvalue weighted by Crippen LogP contribution is -2.43. The average molecular weight is 199 g/mol. The molecule has 1 aliphatic rings. The molecule has 3 heteroatoms. The number of piperidine rings is 1. The van der Waals surface area contributed by atoms with Gasteiger partial charge in [-0.3, -0.25) is 0 Å². The van der Waals surface area contributed by atoms with Crippen molar-refractivity contribution in [3.8, 4) is 0 Å². The molecule has 0 saturated carbocycles. The van der Waals surface area contributed by atoms with E-state index in [1.807, 2.05) is 0 Å². The molecule has 0 aromatic rings. The number of hydrogen-bond donors (Lipinski definition) is 0. The summed E-state index contributed by atoms with van der Waals surface area (Å²) in [6.45, 7) is 3.73. The van der Waals surface area contributed by atoms with Crippen LogP contribution in [0.5, 0.6) is 0 Å². The van der Waals surface area contributed by atoms with E-state index in [1.54, 1.807) is 0 Å². The van der Waals surface area contributed by atoms with Crippen molar-refractivity contribution < 1.29 is 0 Å².